The van der Waals surface area contributed by atoms with E-state index in [9.17, 15) is 18.0 Å². The first-order valence-corrected chi connectivity index (χ1v) is 11.2. The second kappa shape index (κ2) is 7.52. The van der Waals surface area contributed by atoms with E-state index in [2.05, 4.69) is 10.1 Å². The number of aromatic nitrogens is 3. The second-order valence-corrected chi connectivity index (χ2v) is 9.04. The lowest BCUT2D eigenvalue weighted by molar-refractivity contribution is 0.0475. The molecule has 0 amide bonds. The third-order valence-corrected chi connectivity index (χ3v) is 6.17. The number of hydrogen-bond donors (Lipinski definition) is 0. The van der Waals surface area contributed by atoms with Gasteiger partial charge in [-0.1, -0.05) is 0 Å². The van der Waals surface area contributed by atoms with Gasteiger partial charge < -0.3 is 4.74 Å². The van der Waals surface area contributed by atoms with Crippen molar-refractivity contribution in [1.29, 1.82) is 0 Å². The predicted molar refractivity (Wildman–Crippen MR) is 109 cm³/mol. The van der Waals surface area contributed by atoms with Gasteiger partial charge in [-0.3, -0.25) is 9.10 Å². The molecular weight excluding hydrogens is 408 g/mol. The van der Waals surface area contributed by atoms with Gasteiger partial charge in [-0.15, -0.1) is 0 Å². The minimum Gasteiger partial charge on any atom is -0.454 e. The van der Waals surface area contributed by atoms with E-state index in [0.717, 1.165) is 11.8 Å². The van der Waals surface area contributed by atoms with Crippen LogP contribution in [0.3, 0.4) is 0 Å². The molecule has 0 fully saturated rings. The molecule has 2 aromatic heterocycles. The molecule has 0 unspecified atom stereocenters. The van der Waals surface area contributed by atoms with Crippen molar-refractivity contribution in [3.8, 4) is 0 Å². The van der Waals surface area contributed by atoms with Crippen molar-refractivity contribution in [3.05, 3.63) is 59.0 Å². The molecule has 0 bridgehead atoms. The summed E-state index contributed by atoms with van der Waals surface area (Å²) < 4.78 is 32.0. The molecule has 3 aromatic rings. The number of ketones is 1. The summed E-state index contributed by atoms with van der Waals surface area (Å²) in [5.74, 6) is -1.04. The molecule has 30 heavy (non-hydrogen) atoms. The smallest absolute Gasteiger partial charge is 0.344 e. The third-order valence-electron chi connectivity index (χ3n) is 4.99. The van der Waals surface area contributed by atoms with Gasteiger partial charge in [-0.05, 0) is 49.6 Å². The van der Waals surface area contributed by atoms with Crippen LogP contribution in [-0.2, 0) is 21.2 Å². The summed E-state index contributed by atoms with van der Waals surface area (Å²) in [7, 11) is -3.38. The van der Waals surface area contributed by atoms with Gasteiger partial charge in [0, 0.05) is 24.5 Å². The zero-order chi connectivity index (χ0) is 21.5. The predicted octanol–water partition coefficient (Wildman–Crippen LogP) is 1.79. The van der Waals surface area contributed by atoms with Crippen molar-refractivity contribution in [2.24, 2.45) is 0 Å². The van der Waals surface area contributed by atoms with Gasteiger partial charge in [0.2, 0.25) is 10.0 Å². The van der Waals surface area contributed by atoms with E-state index >= 15 is 0 Å². The Morgan fingerprint density at radius 3 is 2.83 bits per heavy atom. The lowest BCUT2D eigenvalue weighted by atomic mass is 9.99. The molecule has 1 aliphatic rings. The highest BCUT2D eigenvalue weighted by Crippen LogP contribution is 2.30. The summed E-state index contributed by atoms with van der Waals surface area (Å²) >= 11 is 0. The fourth-order valence-corrected chi connectivity index (χ4v) is 4.60. The van der Waals surface area contributed by atoms with Gasteiger partial charge in [0.1, 0.15) is 5.56 Å². The Balaban J connectivity index is 1.51. The van der Waals surface area contributed by atoms with Crippen molar-refractivity contribution in [3.63, 3.8) is 0 Å². The summed E-state index contributed by atoms with van der Waals surface area (Å²) in [6, 6.07) is 6.55. The fraction of sp³-hybridized carbons (Fsp3) is 0.300. The zero-order valence-electron chi connectivity index (χ0n) is 16.5. The first-order chi connectivity index (χ1) is 14.3. The van der Waals surface area contributed by atoms with E-state index in [4.69, 9.17) is 4.74 Å². The zero-order valence-corrected chi connectivity index (χ0v) is 17.3. The molecular formula is C20H20N4O5S. The largest absolute Gasteiger partial charge is 0.454 e. The highest BCUT2D eigenvalue weighted by atomic mass is 32.2. The number of sulfonamides is 1. The summed E-state index contributed by atoms with van der Waals surface area (Å²) in [6.07, 6.45) is 5.73. The maximum atomic E-state index is 12.6. The number of nitrogens with zero attached hydrogens (tertiary/aromatic N) is 4. The minimum atomic E-state index is -3.38. The Kier molecular flexibility index (Phi) is 5.02. The number of fused-ring (bicyclic) bond motifs is 2. The molecule has 0 aliphatic carbocycles. The standard InChI is InChI=1S/C20H20N4O5S/c1-13-18(19-21-8-4-9-23(19)22-13)20(26)29-12-17(25)15-6-7-16-14(11-15)5-3-10-24(16)30(2,27)28/h4,6-9,11H,3,5,10,12H2,1-2H3. The van der Waals surface area contributed by atoms with E-state index in [1.54, 1.807) is 43.6 Å². The van der Waals surface area contributed by atoms with Crippen molar-refractivity contribution in [1.82, 2.24) is 14.6 Å². The summed E-state index contributed by atoms with van der Waals surface area (Å²) in [4.78, 5) is 29.3. The number of ether oxygens (including phenoxy) is 1. The number of esters is 1. The summed E-state index contributed by atoms with van der Waals surface area (Å²) in [5, 5.41) is 4.21. The molecule has 0 atom stereocenters. The van der Waals surface area contributed by atoms with Gasteiger partial charge in [0.25, 0.3) is 0 Å². The molecule has 1 aliphatic heterocycles. The molecule has 1 aromatic carbocycles. The molecule has 0 saturated heterocycles. The number of benzene rings is 1. The quantitative estimate of drug-likeness (QED) is 0.450. The van der Waals surface area contributed by atoms with Crippen LogP contribution in [0, 0.1) is 6.92 Å². The number of hydrogen-bond acceptors (Lipinski definition) is 7. The molecule has 0 saturated carbocycles. The number of anilines is 1. The van der Waals surface area contributed by atoms with Crippen LogP contribution in [0.5, 0.6) is 0 Å². The first-order valence-electron chi connectivity index (χ1n) is 9.36. The van der Waals surface area contributed by atoms with E-state index in [1.807, 2.05) is 0 Å². The lowest BCUT2D eigenvalue weighted by Gasteiger charge is -2.29. The maximum absolute atomic E-state index is 12.6. The van der Waals surface area contributed by atoms with Crippen LogP contribution in [0.1, 0.15) is 38.4 Å². The van der Waals surface area contributed by atoms with Crippen LogP contribution in [0.4, 0.5) is 5.69 Å². The van der Waals surface area contributed by atoms with Gasteiger partial charge in [0.05, 0.1) is 17.6 Å². The summed E-state index contributed by atoms with van der Waals surface area (Å²) in [6.45, 7) is 1.66. The number of Topliss-reactive ketones (excluding diaryl/α,β-unsaturated/α-hetero) is 1. The third kappa shape index (κ3) is 3.65. The second-order valence-electron chi connectivity index (χ2n) is 7.13. The Morgan fingerprint density at radius 1 is 1.27 bits per heavy atom. The van der Waals surface area contributed by atoms with Crippen LogP contribution < -0.4 is 4.31 Å². The molecule has 3 heterocycles. The topological polar surface area (TPSA) is 111 Å². The van der Waals surface area contributed by atoms with Gasteiger partial charge in [-0.25, -0.2) is 22.7 Å². The summed E-state index contributed by atoms with van der Waals surface area (Å²) in [5.41, 5.74) is 2.78. The maximum Gasteiger partial charge on any atom is 0.344 e. The van der Waals surface area contributed by atoms with Crippen molar-refractivity contribution >= 4 is 33.1 Å². The fourth-order valence-electron chi connectivity index (χ4n) is 3.60. The van der Waals surface area contributed by atoms with Crippen molar-refractivity contribution < 1.29 is 22.7 Å². The Bertz CT molecular complexity index is 1270. The van der Waals surface area contributed by atoms with Gasteiger partial charge >= 0.3 is 5.97 Å². The Labute approximate surface area is 173 Å². The number of rotatable bonds is 5. The number of carbonyl (C=O) groups is 2. The van der Waals surface area contributed by atoms with Gasteiger partial charge in [-0.2, -0.15) is 5.10 Å². The van der Waals surface area contributed by atoms with E-state index in [-0.39, 0.29) is 11.3 Å². The van der Waals surface area contributed by atoms with Crippen LogP contribution in [0.15, 0.2) is 36.7 Å². The van der Waals surface area contributed by atoms with Crippen molar-refractivity contribution in [2.45, 2.75) is 19.8 Å². The lowest BCUT2D eigenvalue weighted by Crippen LogP contribution is -2.34. The van der Waals surface area contributed by atoms with E-state index in [0.29, 0.717) is 42.0 Å². The minimum absolute atomic E-state index is 0.220. The Morgan fingerprint density at radius 2 is 2.07 bits per heavy atom. The SMILES string of the molecule is Cc1nn2cccnc2c1C(=O)OCC(=O)c1ccc2c(c1)CCCN2S(C)(=O)=O. The molecule has 9 nitrogen and oxygen atoms in total. The number of carbonyl (C=O) groups excluding carboxylic acids is 2. The van der Waals surface area contributed by atoms with Crippen molar-refractivity contribution in [2.75, 3.05) is 23.7 Å². The molecule has 0 spiro atoms. The molecule has 10 heteroatoms. The molecule has 156 valence electrons. The van der Waals surface area contributed by atoms with E-state index < -0.39 is 22.6 Å². The molecule has 0 radical (unpaired) electrons. The highest BCUT2D eigenvalue weighted by molar-refractivity contribution is 7.92. The highest BCUT2D eigenvalue weighted by Gasteiger charge is 2.25. The molecule has 4 rings (SSSR count). The first kappa shape index (κ1) is 20.0. The Hall–Kier alpha value is -3.27. The monoisotopic (exact) mass is 428 g/mol. The molecule has 0 N–H and O–H groups in total. The average molecular weight is 428 g/mol. The van der Waals surface area contributed by atoms with Crippen LogP contribution in [0.2, 0.25) is 0 Å². The van der Waals surface area contributed by atoms with Crippen LogP contribution >= 0.6 is 0 Å². The van der Waals surface area contributed by atoms with Gasteiger partial charge in [0.15, 0.2) is 18.0 Å². The number of aryl methyl sites for hydroxylation is 2. The van der Waals surface area contributed by atoms with E-state index in [1.165, 1.54) is 8.82 Å². The van der Waals surface area contributed by atoms with Crippen LogP contribution in [0.25, 0.3) is 5.65 Å². The average Bonchev–Trinajstić information content (AvgIpc) is 3.05. The normalized spacial score (nSPS) is 13.9. The van der Waals surface area contributed by atoms with Crippen LogP contribution in [-0.4, -0.2) is 54.2 Å².